The molecule has 2 atom stereocenters. The van der Waals surface area contributed by atoms with Crippen LogP contribution in [0.3, 0.4) is 0 Å². The molecule has 8 nitrogen and oxygen atoms in total. The summed E-state index contributed by atoms with van der Waals surface area (Å²) in [4.78, 5) is 13.7. The average Bonchev–Trinajstić information content (AvgIpc) is 2.94. The van der Waals surface area contributed by atoms with E-state index in [1.54, 1.807) is 12.3 Å². The summed E-state index contributed by atoms with van der Waals surface area (Å²) in [5, 5.41) is 6.51. The third-order valence-electron chi connectivity index (χ3n) is 6.80. The summed E-state index contributed by atoms with van der Waals surface area (Å²) < 4.78 is 68.6. The van der Waals surface area contributed by atoms with E-state index in [1.165, 1.54) is 36.4 Å². The molecule has 1 aliphatic rings. The highest BCUT2D eigenvalue weighted by Crippen LogP contribution is 2.28. The van der Waals surface area contributed by atoms with Crippen molar-refractivity contribution in [2.75, 3.05) is 29.8 Å². The van der Waals surface area contributed by atoms with Crippen LogP contribution < -0.4 is 15.4 Å². The first-order chi connectivity index (χ1) is 19.2. The number of halogens is 3. The first-order valence-electron chi connectivity index (χ1n) is 13.0. The number of hydrogen-bond acceptors (Lipinski definition) is 7. The van der Waals surface area contributed by atoms with Gasteiger partial charge in [0.2, 0.25) is 16.0 Å². The normalized spacial score (nSPS) is 17.6. The van der Waals surface area contributed by atoms with Crippen molar-refractivity contribution in [3.05, 3.63) is 77.5 Å². The number of piperidine rings is 1. The number of hydrogen-bond donors (Lipinski definition) is 3. The lowest BCUT2D eigenvalue weighted by atomic mass is 9.97. The third-order valence-corrected chi connectivity index (χ3v) is 8.04. The molecule has 5 rings (SSSR count). The van der Waals surface area contributed by atoms with Gasteiger partial charge in [-0.3, -0.25) is 9.11 Å². The zero-order chi connectivity index (χ0) is 28.3. The molecule has 40 heavy (non-hydrogen) atoms. The summed E-state index contributed by atoms with van der Waals surface area (Å²) in [5.74, 6) is -1.27. The lowest BCUT2D eigenvalue weighted by molar-refractivity contribution is 0.282. The smallest absolute Gasteiger partial charge is 0.237 e. The van der Waals surface area contributed by atoms with E-state index >= 15 is 4.39 Å². The maximum absolute atomic E-state index is 15.0. The molecule has 1 fully saturated rings. The standard InChI is InChI=1S/C28H29F3N6O2S/c1-2-19-11-25(35-26-15-33-28(36-27(19)26)34-22-9-18(12-29)13-32-14-22)20-5-8-24(23(31)10-20)37-40(38,39)16-17-3-6-21(30)7-4-17/h3-8,10-11,15,18,22,32,37H,2,9,12-14,16H2,1H3,(H,33,34,36)/t18-,22-/m0/s1. The molecule has 12 heteroatoms. The molecule has 0 aliphatic carbocycles. The Kier molecular flexibility index (Phi) is 8.17. The molecular weight excluding hydrogens is 541 g/mol. The SMILES string of the molecule is CCc1cc(-c2ccc(NS(=O)(=O)Cc3ccc(F)cc3)c(F)c2)nc2cnc(N[C@@H]3CNC[C@H](CF)C3)nc12. The number of anilines is 2. The number of benzene rings is 2. The Morgan fingerprint density at radius 3 is 2.58 bits per heavy atom. The van der Waals surface area contributed by atoms with Gasteiger partial charge in [0.15, 0.2) is 0 Å². The lowest BCUT2D eigenvalue weighted by Crippen LogP contribution is -2.44. The fourth-order valence-electron chi connectivity index (χ4n) is 4.78. The van der Waals surface area contributed by atoms with Crippen molar-refractivity contribution < 1.29 is 21.6 Å². The molecule has 0 radical (unpaired) electrons. The topological polar surface area (TPSA) is 109 Å². The van der Waals surface area contributed by atoms with Gasteiger partial charge in [-0.25, -0.2) is 32.2 Å². The van der Waals surface area contributed by atoms with E-state index in [1.807, 2.05) is 13.0 Å². The Labute approximate surface area is 230 Å². The Morgan fingerprint density at radius 1 is 1.05 bits per heavy atom. The van der Waals surface area contributed by atoms with Crippen molar-refractivity contribution in [2.24, 2.45) is 5.92 Å². The van der Waals surface area contributed by atoms with Crippen molar-refractivity contribution in [1.29, 1.82) is 0 Å². The largest absolute Gasteiger partial charge is 0.350 e. The van der Waals surface area contributed by atoms with Crippen LogP contribution in [0.5, 0.6) is 0 Å². The summed E-state index contributed by atoms with van der Waals surface area (Å²) in [5.41, 5.74) is 3.22. The quantitative estimate of drug-likeness (QED) is 0.264. The molecule has 2 aromatic heterocycles. The van der Waals surface area contributed by atoms with Crippen LogP contribution in [0, 0.1) is 17.6 Å². The summed E-state index contributed by atoms with van der Waals surface area (Å²) in [6, 6.07) is 11.1. The lowest BCUT2D eigenvalue weighted by Gasteiger charge is -2.29. The van der Waals surface area contributed by atoms with Crippen molar-refractivity contribution in [2.45, 2.75) is 31.6 Å². The molecule has 1 saturated heterocycles. The maximum atomic E-state index is 15.0. The first kappa shape index (κ1) is 27.8. The monoisotopic (exact) mass is 570 g/mol. The van der Waals surface area contributed by atoms with Gasteiger partial charge >= 0.3 is 0 Å². The maximum Gasteiger partial charge on any atom is 0.237 e. The van der Waals surface area contributed by atoms with Crippen LogP contribution >= 0.6 is 0 Å². The number of sulfonamides is 1. The van der Waals surface area contributed by atoms with E-state index < -0.39 is 27.4 Å². The number of aromatic nitrogens is 3. The highest BCUT2D eigenvalue weighted by Gasteiger charge is 2.22. The second-order valence-electron chi connectivity index (χ2n) is 9.89. The Morgan fingerprint density at radius 2 is 1.85 bits per heavy atom. The van der Waals surface area contributed by atoms with Crippen LogP contribution in [0.15, 0.2) is 54.7 Å². The van der Waals surface area contributed by atoms with Gasteiger partial charge in [-0.15, -0.1) is 0 Å². The number of nitrogens with zero attached hydrogens (tertiary/aromatic N) is 3. The van der Waals surface area contributed by atoms with Gasteiger partial charge in [-0.2, -0.15) is 0 Å². The van der Waals surface area contributed by atoms with Gasteiger partial charge in [0.1, 0.15) is 17.2 Å². The van der Waals surface area contributed by atoms with E-state index in [0.29, 0.717) is 59.7 Å². The van der Waals surface area contributed by atoms with Crippen molar-refractivity contribution in [3.8, 4) is 11.3 Å². The number of fused-ring (bicyclic) bond motifs is 1. The van der Waals surface area contributed by atoms with Crippen molar-refractivity contribution in [1.82, 2.24) is 20.3 Å². The zero-order valence-electron chi connectivity index (χ0n) is 21.8. The highest BCUT2D eigenvalue weighted by atomic mass is 32.2. The van der Waals surface area contributed by atoms with Crippen LogP contribution in [0.2, 0.25) is 0 Å². The number of nitrogens with one attached hydrogen (secondary N) is 3. The first-order valence-corrected chi connectivity index (χ1v) is 14.6. The molecule has 0 amide bonds. The van der Waals surface area contributed by atoms with Crippen molar-refractivity contribution >= 4 is 32.7 Å². The molecule has 2 aromatic carbocycles. The second kappa shape index (κ2) is 11.8. The van der Waals surface area contributed by atoms with Crippen LogP contribution in [0.1, 0.15) is 24.5 Å². The fourth-order valence-corrected chi connectivity index (χ4v) is 5.98. The molecule has 0 bridgehead atoms. The van der Waals surface area contributed by atoms with Gasteiger partial charge in [0.25, 0.3) is 0 Å². The minimum atomic E-state index is -3.93. The molecule has 0 spiro atoms. The Balaban J connectivity index is 1.35. The number of rotatable bonds is 9. The summed E-state index contributed by atoms with van der Waals surface area (Å²) in [6.45, 7) is 2.95. The molecule has 3 N–H and O–H groups in total. The molecule has 210 valence electrons. The zero-order valence-corrected chi connectivity index (χ0v) is 22.6. The molecule has 0 unspecified atom stereocenters. The minimum absolute atomic E-state index is 0.0128. The van der Waals surface area contributed by atoms with Crippen molar-refractivity contribution in [3.63, 3.8) is 0 Å². The van der Waals surface area contributed by atoms with Gasteiger partial charge in [-0.05, 0) is 54.3 Å². The van der Waals surface area contributed by atoms with Crippen LogP contribution in [0.4, 0.5) is 24.8 Å². The number of alkyl halides is 1. The van der Waals surface area contributed by atoms with Gasteiger partial charge in [0.05, 0.1) is 35.5 Å². The summed E-state index contributed by atoms with van der Waals surface area (Å²) in [7, 11) is -3.93. The van der Waals surface area contributed by atoms with Gasteiger partial charge < -0.3 is 10.6 Å². The van der Waals surface area contributed by atoms with E-state index in [2.05, 4.69) is 30.3 Å². The van der Waals surface area contributed by atoms with Gasteiger partial charge in [0, 0.05) is 30.6 Å². The average molecular weight is 571 g/mol. The van der Waals surface area contributed by atoms with E-state index in [-0.39, 0.29) is 24.3 Å². The highest BCUT2D eigenvalue weighted by molar-refractivity contribution is 7.91. The third kappa shape index (κ3) is 6.50. The fraction of sp³-hybridized carbons (Fsp3) is 0.321. The number of aryl methyl sites for hydroxylation is 1. The molecule has 4 aromatic rings. The summed E-state index contributed by atoms with van der Waals surface area (Å²) >= 11 is 0. The predicted octanol–water partition coefficient (Wildman–Crippen LogP) is 4.83. The Hall–Kier alpha value is -3.77. The summed E-state index contributed by atoms with van der Waals surface area (Å²) in [6.07, 6.45) is 2.93. The molecule has 1 aliphatic heterocycles. The molecule has 0 saturated carbocycles. The number of pyridine rings is 1. The van der Waals surface area contributed by atoms with E-state index in [9.17, 15) is 17.2 Å². The predicted molar refractivity (Wildman–Crippen MR) is 149 cm³/mol. The van der Waals surface area contributed by atoms with E-state index in [4.69, 9.17) is 0 Å². The van der Waals surface area contributed by atoms with Gasteiger partial charge in [-0.1, -0.05) is 25.1 Å². The van der Waals surface area contributed by atoms with Crippen LogP contribution in [0.25, 0.3) is 22.3 Å². The molecular formula is C28H29F3N6O2S. The van der Waals surface area contributed by atoms with Crippen LogP contribution in [-0.4, -0.2) is 49.2 Å². The minimum Gasteiger partial charge on any atom is -0.350 e. The second-order valence-corrected chi connectivity index (χ2v) is 11.6. The molecule has 3 heterocycles. The van der Waals surface area contributed by atoms with E-state index in [0.717, 1.165) is 5.56 Å². The Bertz CT molecular complexity index is 1620. The van der Waals surface area contributed by atoms with Crippen LogP contribution in [-0.2, 0) is 22.2 Å².